The molecule has 1 saturated heterocycles. The quantitative estimate of drug-likeness (QED) is 0.461. The van der Waals surface area contributed by atoms with Crippen molar-refractivity contribution in [1.82, 2.24) is 10.2 Å². The Balaban J connectivity index is 1.97. The van der Waals surface area contributed by atoms with Crippen LogP contribution >= 0.6 is 0 Å². The summed E-state index contributed by atoms with van der Waals surface area (Å²) in [5.74, 6) is -0.972. The highest BCUT2D eigenvalue weighted by Crippen LogP contribution is 2.34. The Hall–Kier alpha value is -1.30. The molecule has 1 aromatic carbocycles. The summed E-state index contributed by atoms with van der Waals surface area (Å²) >= 11 is 0. The highest BCUT2D eigenvalue weighted by molar-refractivity contribution is 5.30. The van der Waals surface area contributed by atoms with E-state index in [-0.39, 0.29) is 12.6 Å². The van der Waals surface area contributed by atoms with Gasteiger partial charge in [-0.15, -0.1) is 0 Å². The Bertz CT molecular complexity index is 620. The molecule has 0 aromatic heterocycles. The Morgan fingerprint density at radius 3 is 2.59 bits per heavy atom. The van der Waals surface area contributed by atoms with Crippen molar-refractivity contribution in [2.45, 2.75) is 70.4 Å². The number of hydrogen-bond acceptors (Lipinski definition) is 3. The first-order valence-electron chi connectivity index (χ1n) is 10.1. The van der Waals surface area contributed by atoms with E-state index in [1.165, 1.54) is 11.6 Å². The largest absolute Gasteiger partial charge is 0.381 e. The van der Waals surface area contributed by atoms with Crippen molar-refractivity contribution in [2.24, 2.45) is 0 Å². The number of halogens is 2. The number of nitrogens with zero attached hydrogens (tertiary/aromatic N) is 1. The monoisotopic (exact) mass is 380 g/mol. The van der Waals surface area contributed by atoms with Gasteiger partial charge in [0.2, 0.25) is 0 Å². The second kappa shape index (κ2) is 10.9. The molecule has 0 bridgehead atoms. The van der Waals surface area contributed by atoms with Gasteiger partial charge in [0.05, 0.1) is 6.73 Å². The van der Waals surface area contributed by atoms with Crippen LogP contribution < -0.4 is 5.32 Å². The van der Waals surface area contributed by atoms with Crippen LogP contribution in [0.2, 0.25) is 0 Å². The molecular formula is C22H34F2N2O. The molecule has 1 aliphatic heterocycles. The molecule has 1 heterocycles. The molecule has 0 amide bonds. The fraction of sp³-hybridized carbons (Fsp3) is 0.636. The number of benzene rings is 1. The van der Waals surface area contributed by atoms with Gasteiger partial charge in [0.15, 0.2) is 0 Å². The summed E-state index contributed by atoms with van der Waals surface area (Å²) in [6.45, 7) is 5.05. The van der Waals surface area contributed by atoms with E-state index in [4.69, 9.17) is 5.11 Å². The van der Waals surface area contributed by atoms with Crippen LogP contribution in [0.4, 0.5) is 8.78 Å². The van der Waals surface area contributed by atoms with Crippen molar-refractivity contribution >= 4 is 0 Å². The first-order valence-corrected chi connectivity index (χ1v) is 10.1. The van der Waals surface area contributed by atoms with Crippen LogP contribution in [0.25, 0.3) is 0 Å². The molecule has 27 heavy (non-hydrogen) atoms. The third-order valence-electron chi connectivity index (χ3n) is 5.80. The van der Waals surface area contributed by atoms with Crippen molar-refractivity contribution in [3.63, 3.8) is 0 Å². The second-order valence-corrected chi connectivity index (χ2v) is 7.66. The molecule has 3 atom stereocenters. The molecule has 1 aliphatic rings. The highest BCUT2D eigenvalue weighted by Gasteiger charge is 2.26. The molecule has 3 nitrogen and oxygen atoms in total. The maximum atomic E-state index is 14.4. The Morgan fingerprint density at radius 1 is 1.30 bits per heavy atom. The van der Waals surface area contributed by atoms with Gasteiger partial charge in [0, 0.05) is 30.6 Å². The van der Waals surface area contributed by atoms with Crippen LogP contribution in [-0.4, -0.2) is 42.4 Å². The van der Waals surface area contributed by atoms with Gasteiger partial charge in [0.25, 0.3) is 0 Å². The van der Waals surface area contributed by atoms with Crippen LogP contribution in [0.3, 0.4) is 0 Å². The number of aliphatic hydroxyl groups is 1. The van der Waals surface area contributed by atoms with E-state index in [1.54, 1.807) is 6.07 Å². The van der Waals surface area contributed by atoms with Crippen molar-refractivity contribution in [3.8, 4) is 0 Å². The van der Waals surface area contributed by atoms with Crippen LogP contribution in [0.5, 0.6) is 0 Å². The van der Waals surface area contributed by atoms with Crippen molar-refractivity contribution in [3.05, 3.63) is 47.0 Å². The maximum Gasteiger partial charge on any atom is 0.129 e. The van der Waals surface area contributed by atoms with Gasteiger partial charge in [-0.1, -0.05) is 24.6 Å². The van der Waals surface area contributed by atoms with E-state index in [0.717, 1.165) is 51.1 Å². The first-order chi connectivity index (χ1) is 13.0. The predicted octanol–water partition coefficient (Wildman–Crippen LogP) is 4.58. The topological polar surface area (TPSA) is 35.5 Å². The lowest BCUT2D eigenvalue weighted by Crippen LogP contribution is -2.33. The molecule has 0 saturated carbocycles. The second-order valence-electron chi connectivity index (χ2n) is 7.66. The van der Waals surface area contributed by atoms with E-state index in [0.29, 0.717) is 17.6 Å². The van der Waals surface area contributed by atoms with Gasteiger partial charge in [-0.05, 0) is 64.1 Å². The average Bonchev–Trinajstić information content (AvgIpc) is 3.11. The summed E-state index contributed by atoms with van der Waals surface area (Å²) in [5.41, 5.74) is 1.81. The zero-order chi connectivity index (χ0) is 19.8. The van der Waals surface area contributed by atoms with Gasteiger partial charge in [0.1, 0.15) is 11.6 Å². The average molecular weight is 381 g/mol. The Kier molecular flexibility index (Phi) is 8.87. The van der Waals surface area contributed by atoms with E-state index in [9.17, 15) is 8.78 Å². The third kappa shape index (κ3) is 6.37. The summed E-state index contributed by atoms with van der Waals surface area (Å²) in [6, 6.07) is 4.87. The lowest BCUT2D eigenvalue weighted by atomic mass is 9.84. The van der Waals surface area contributed by atoms with Gasteiger partial charge in [-0.2, -0.15) is 0 Å². The van der Waals surface area contributed by atoms with Crippen molar-refractivity contribution < 1.29 is 13.9 Å². The van der Waals surface area contributed by atoms with Crippen LogP contribution in [0.15, 0.2) is 29.8 Å². The molecule has 1 fully saturated rings. The minimum absolute atomic E-state index is 0.00183. The molecule has 5 heteroatoms. The molecule has 2 rings (SSSR count). The van der Waals surface area contributed by atoms with Crippen LogP contribution in [-0.2, 0) is 0 Å². The first kappa shape index (κ1) is 22.0. The van der Waals surface area contributed by atoms with Crippen molar-refractivity contribution in [2.75, 3.05) is 20.3 Å². The zero-order valence-electron chi connectivity index (χ0n) is 16.8. The van der Waals surface area contributed by atoms with Gasteiger partial charge in [-0.3, -0.25) is 4.90 Å². The summed E-state index contributed by atoms with van der Waals surface area (Å²) in [7, 11) is 1.91. The molecule has 0 spiro atoms. The summed E-state index contributed by atoms with van der Waals surface area (Å²) < 4.78 is 27.7. The van der Waals surface area contributed by atoms with Gasteiger partial charge >= 0.3 is 0 Å². The van der Waals surface area contributed by atoms with E-state index in [1.807, 2.05) is 18.9 Å². The van der Waals surface area contributed by atoms with E-state index < -0.39 is 11.6 Å². The maximum absolute atomic E-state index is 14.4. The lowest BCUT2D eigenvalue weighted by Gasteiger charge is -2.23. The smallest absolute Gasteiger partial charge is 0.129 e. The molecule has 0 aliphatic carbocycles. The molecule has 3 unspecified atom stereocenters. The molecule has 1 aromatic rings. The Morgan fingerprint density at radius 2 is 2.00 bits per heavy atom. The lowest BCUT2D eigenvalue weighted by molar-refractivity contribution is 0.128. The SMILES string of the molecule is CC=C(CC)C(CCC1CCC(CCN(C)CO)N1)c1ccc(F)cc1F. The predicted molar refractivity (Wildman–Crippen MR) is 107 cm³/mol. The summed E-state index contributed by atoms with van der Waals surface area (Å²) in [5, 5.41) is 12.8. The minimum atomic E-state index is -0.526. The van der Waals surface area contributed by atoms with Crippen LogP contribution in [0.1, 0.15) is 63.9 Å². The molecule has 2 N–H and O–H groups in total. The fourth-order valence-electron chi connectivity index (χ4n) is 4.15. The normalized spacial score (nSPS) is 21.8. The Labute approximate surface area is 162 Å². The number of hydrogen-bond donors (Lipinski definition) is 2. The number of allylic oxidation sites excluding steroid dienone is 2. The van der Waals surface area contributed by atoms with E-state index >= 15 is 0 Å². The van der Waals surface area contributed by atoms with Crippen molar-refractivity contribution in [1.29, 1.82) is 0 Å². The zero-order valence-corrected chi connectivity index (χ0v) is 16.8. The molecule has 152 valence electrons. The summed E-state index contributed by atoms with van der Waals surface area (Å²) in [4.78, 5) is 1.90. The van der Waals surface area contributed by atoms with Gasteiger partial charge < -0.3 is 10.4 Å². The van der Waals surface area contributed by atoms with E-state index in [2.05, 4.69) is 18.3 Å². The molecule has 0 radical (unpaired) electrons. The third-order valence-corrected chi connectivity index (χ3v) is 5.80. The van der Waals surface area contributed by atoms with Gasteiger partial charge in [-0.25, -0.2) is 8.78 Å². The minimum Gasteiger partial charge on any atom is -0.381 e. The number of rotatable bonds is 10. The summed E-state index contributed by atoms with van der Waals surface area (Å²) in [6.07, 6.45) is 8.07. The molecular weight excluding hydrogens is 346 g/mol. The highest BCUT2D eigenvalue weighted by atomic mass is 19.1. The van der Waals surface area contributed by atoms with Crippen LogP contribution in [0, 0.1) is 11.6 Å². The number of aliphatic hydroxyl groups excluding tert-OH is 1. The standard InChI is InChI=1S/C22H34F2N2O/c1-4-16(5-2)20(21-10-6-17(23)14-22(21)24)11-9-18-7-8-19(25-18)12-13-26(3)15-27/h4,6,10,14,18-20,25,27H,5,7-9,11-13,15H2,1-3H3. The number of nitrogens with one attached hydrogen (secondary N) is 1. The fourth-order valence-corrected chi connectivity index (χ4v) is 4.15.